The smallest absolute Gasteiger partial charge is 0.261 e. The third-order valence-electron chi connectivity index (χ3n) is 7.82. The van der Waals surface area contributed by atoms with Crippen molar-refractivity contribution in [2.45, 2.75) is 64.0 Å². The molecule has 0 spiro atoms. The summed E-state index contributed by atoms with van der Waals surface area (Å²) in [5.74, 6) is 1.74. The number of likely N-dealkylation sites (tertiary alicyclic amines) is 1. The van der Waals surface area contributed by atoms with Gasteiger partial charge in [-0.05, 0) is 57.1 Å². The van der Waals surface area contributed by atoms with Gasteiger partial charge in [0.15, 0.2) is 0 Å². The minimum Gasteiger partial charge on any atom is -0.496 e. The van der Waals surface area contributed by atoms with Crippen LogP contribution in [0.2, 0.25) is 0 Å². The highest BCUT2D eigenvalue weighted by Gasteiger charge is 2.41. The van der Waals surface area contributed by atoms with Crippen LogP contribution in [0.5, 0.6) is 11.5 Å². The van der Waals surface area contributed by atoms with Crippen LogP contribution in [0.15, 0.2) is 18.2 Å². The molecule has 7 nitrogen and oxygen atoms in total. The molecule has 2 aliphatic heterocycles. The molecule has 2 heterocycles. The Morgan fingerprint density at radius 1 is 0.879 bits per heavy atom. The van der Waals surface area contributed by atoms with Gasteiger partial charge in [0.1, 0.15) is 17.1 Å². The average molecular weight is 458 g/mol. The van der Waals surface area contributed by atoms with E-state index in [-0.39, 0.29) is 11.9 Å². The van der Waals surface area contributed by atoms with E-state index < -0.39 is 0 Å². The lowest BCUT2D eigenvalue weighted by Crippen LogP contribution is -2.60. The van der Waals surface area contributed by atoms with Crippen molar-refractivity contribution in [2.24, 2.45) is 5.92 Å². The van der Waals surface area contributed by atoms with Gasteiger partial charge < -0.3 is 19.3 Å². The molecule has 3 aliphatic rings. The number of piperazine rings is 1. The summed E-state index contributed by atoms with van der Waals surface area (Å²) in [7, 11) is 3.14. The fourth-order valence-corrected chi connectivity index (χ4v) is 5.95. The van der Waals surface area contributed by atoms with Crippen molar-refractivity contribution in [1.29, 1.82) is 0 Å². The second-order valence-corrected chi connectivity index (χ2v) is 9.73. The molecule has 1 aromatic carbocycles. The fourth-order valence-electron chi connectivity index (χ4n) is 5.95. The molecule has 2 saturated heterocycles. The van der Waals surface area contributed by atoms with Crippen LogP contribution in [0.4, 0.5) is 0 Å². The highest BCUT2D eigenvalue weighted by Crippen LogP contribution is 2.34. The third kappa shape index (κ3) is 4.98. The minimum atomic E-state index is -0.0719. The summed E-state index contributed by atoms with van der Waals surface area (Å²) < 4.78 is 10.9. The molecule has 33 heavy (non-hydrogen) atoms. The van der Waals surface area contributed by atoms with Crippen molar-refractivity contribution in [3.63, 3.8) is 0 Å². The van der Waals surface area contributed by atoms with Gasteiger partial charge in [0, 0.05) is 38.8 Å². The topological polar surface area (TPSA) is 62.3 Å². The number of rotatable bonds is 6. The normalized spacial score (nSPS) is 23.4. The monoisotopic (exact) mass is 457 g/mol. The van der Waals surface area contributed by atoms with Crippen LogP contribution < -0.4 is 9.47 Å². The lowest BCUT2D eigenvalue weighted by atomic mass is 9.92. The molecular weight excluding hydrogens is 418 g/mol. The molecule has 2 atom stereocenters. The SMILES string of the molecule is COc1cccc(OC)c1C(=O)N1CCN(C(C(=O)N2CCCCC2C)C2CCCC2)CC1. The Kier molecular flexibility index (Phi) is 7.78. The first-order valence-corrected chi connectivity index (χ1v) is 12.6. The molecule has 0 bridgehead atoms. The van der Waals surface area contributed by atoms with Crippen molar-refractivity contribution in [2.75, 3.05) is 46.9 Å². The quantitative estimate of drug-likeness (QED) is 0.655. The van der Waals surface area contributed by atoms with Crippen molar-refractivity contribution >= 4 is 11.8 Å². The summed E-state index contributed by atoms with van der Waals surface area (Å²) in [5.41, 5.74) is 0.474. The molecule has 0 N–H and O–H groups in total. The maximum absolute atomic E-state index is 13.8. The third-order valence-corrected chi connectivity index (χ3v) is 7.82. The Morgan fingerprint density at radius 3 is 2.06 bits per heavy atom. The number of carbonyl (C=O) groups excluding carboxylic acids is 2. The number of piperidine rings is 1. The zero-order valence-electron chi connectivity index (χ0n) is 20.4. The molecule has 182 valence electrons. The van der Waals surface area contributed by atoms with Gasteiger partial charge in [0.25, 0.3) is 5.91 Å². The van der Waals surface area contributed by atoms with Gasteiger partial charge in [-0.1, -0.05) is 18.9 Å². The Labute approximate surface area is 198 Å². The predicted octanol–water partition coefficient (Wildman–Crippen LogP) is 3.42. The van der Waals surface area contributed by atoms with Gasteiger partial charge in [-0.3, -0.25) is 14.5 Å². The number of ether oxygens (including phenoxy) is 2. The summed E-state index contributed by atoms with van der Waals surface area (Å²) in [6.45, 7) is 5.73. The Morgan fingerprint density at radius 2 is 1.48 bits per heavy atom. The van der Waals surface area contributed by atoms with Crippen molar-refractivity contribution in [3.8, 4) is 11.5 Å². The number of methoxy groups -OCH3 is 2. The van der Waals surface area contributed by atoms with Crippen LogP contribution >= 0.6 is 0 Å². The van der Waals surface area contributed by atoms with Gasteiger partial charge >= 0.3 is 0 Å². The zero-order valence-corrected chi connectivity index (χ0v) is 20.4. The van der Waals surface area contributed by atoms with Gasteiger partial charge in [-0.25, -0.2) is 0 Å². The van der Waals surface area contributed by atoms with E-state index in [0.29, 0.717) is 48.0 Å². The summed E-state index contributed by atoms with van der Waals surface area (Å²) >= 11 is 0. The Balaban J connectivity index is 1.48. The number of hydrogen-bond donors (Lipinski definition) is 0. The first-order valence-electron chi connectivity index (χ1n) is 12.6. The van der Waals surface area contributed by atoms with E-state index in [1.165, 1.54) is 19.3 Å². The van der Waals surface area contributed by atoms with E-state index in [2.05, 4.69) is 16.7 Å². The second kappa shape index (κ2) is 10.8. The Hall–Kier alpha value is -2.28. The van der Waals surface area contributed by atoms with E-state index in [0.717, 1.165) is 45.3 Å². The number of carbonyl (C=O) groups is 2. The molecule has 2 unspecified atom stereocenters. The molecule has 3 fully saturated rings. The van der Waals surface area contributed by atoms with E-state index in [1.807, 2.05) is 11.0 Å². The summed E-state index contributed by atoms with van der Waals surface area (Å²) in [6.07, 6.45) is 8.13. The lowest BCUT2D eigenvalue weighted by Gasteiger charge is -2.44. The van der Waals surface area contributed by atoms with Crippen molar-refractivity contribution < 1.29 is 19.1 Å². The van der Waals surface area contributed by atoms with Crippen LogP contribution in [0.1, 0.15) is 62.2 Å². The number of amides is 2. The standard InChI is InChI=1S/C26H39N3O4/c1-19-9-6-7-14-29(19)26(31)24(20-10-4-5-11-20)27-15-17-28(18-16-27)25(30)23-21(32-2)12-8-13-22(23)33-3/h8,12-13,19-20,24H,4-7,9-11,14-18H2,1-3H3. The molecular formula is C26H39N3O4. The highest BCUT2D eigenvalue weighted by atomic mass is 16.5. The van der Waals surface area contributed by atoms with E-state index >= 15 is 0 Å². The van der Waals surface area contributed by atoms with Crippen LogP contribution in [-0.2, 0) is 4.79 Å². The predicted molar refractivity (Wildman–Crippen MR) is 128 cm³/mol. The maximum atomic E-state index is 13.8. The van der Waals surface area contributed by atoms with Crippen molar-refractivity contribution in [1.82, 2.24) is 14.7 Å². The first-order chi connectivity index (χ1) is 16.0. The van der Waals surface area contributed by atoms with Crippen molar-refractivity contribution in [3.05, 3.63) is 23.8 Å². The summed E-state index contributed by atoms with van der Waals surface area (Å²) in [6, 6.07) is 5.69. The lowest BCUT2D eigenvalue weighted by molar-refractivity contribution is -0.143. The average Bonchev–Trinajstić information content (AvgIpc) is 3.38. The summed E-state index contributed by atoms with van der Waals surface area (Å²) in [5, 5.41) is 0. The molecule has 1 aliphatic carbocycles. The number of benzene rings is 1. The minimum absolute atomic E-state index is 0.0499. The van der Waals surface area contributed by atoms with Gasteiger partial charge in [0.2, 0.25) is 5.91 Å². The number of nitrogens with zero attached hydrogens (tertiary/aromatic N) is 3. The molecule has 4 rings (SSSR count). The van der Waals surface area contributed by atoms with Gasteiger partial charge in [0.05, 0.1) is 20.3 Å². The van der Waals surface area contributed by atoms with Crippen LogP contribution in [-0.4, -0.2) is 85.5 Å². The molecule has 7 heteroatoms. The Bertz CT molecular complexity index is 809. The van der Waals surface area contributed by atoms with E-state index in [1.54, 1.807) is 26.4 Å². The van der Waals surface area contributed by atoms with Gasteiger partial charge in [-0.15, -0.1) is 0 Å². The second-order valence-electron chi connectivity index (χ2n) is 9.73. The molecule has 0 aromatic heterocycles. The first kappa shape index (κ1) is 23.9. The fraction of sp³-hybridized carbons (Fsp3) is 0.692. The largest absolute Gasteiger partial charge is 0.496 e. The van der Waals surface area contributed by atoms with Crippen LogP contribution in [0, 0.1) is 5.92 Å². The molecule has 1 aromatic rings. The molecule has 2 amide bonds. The molecule has 0 radical (unpaired) electrons. The molecule has 1 saturated carbocycles. The van der Waals surface area contributed by atoms with Crippen LogP contribution in [0.25, 0.3) is 0 Å². The van der Waals surface area contributed by atoms with Gasteiger partial charge in [-0.2, -0.15) is 0 Å². The number of hydrogen-bond acceptors (Lipinski definition) is 5. The van der Waals surface area contributed by atoms with E-state index in [4.69, 9.17) is 9.47 Å². The highest BCUT2D eigenvalue weighted by molar-refractivity contribution is 5.99. The zero-order chi connectivity index (χ0) is 23.4. The van der Waals surface area contributed by atoms with E-state index in [9.17, 15) is 9.59 Å². The maximum Gasteiger partial charge on any atom is 0.261 e. The summed E-state index contributed by atoms with van der Waals surface area (Å²) in [4.78, 5) is 33.5. The van der Waals surface area contributed by atoms with Crippen LogP contribution in [0.3, 0.4) is 0 Å².